The SMILES string of the molecule is Cc1ccc2c(c1C)c(C)c(C)c1c(C)c(C)c3c(C)c(C)ccc3c12. The van der Waals surface area contributed by atoms with Crippen LogP contribution in [0, 0.1) is 55.4 Å². The molecule has 0 heterocycles. The van der Waals surface area contributed by atoms with Crippen LogP contribution in [0.2, 0.25) is 0 Å². The van der Waals surface area contributed by atoms with Gasteiger partial charge in [0, 0.05) is 0 Å². The van der Waals surface area contributed by atoms with Crippen LogP contribution in [0.1, 0.15) is 44.5 Å². The van der Waals surface area contributed by atoms with Gasteiger partial charge in [0.1, 0.15) is 0 Å². The average molecular weight is 341 g/mol. The van der Waals surface area contributed by atoms with Gasteiger partial charge in [0.15, 0.2) is 0 Å². The summed E-state index contributed by atoms with van der Waals surface area (Å²) in [6.07, 6.45) is 0. The Morgan fingerprint density at radius 3 is 1.08 bits per heavy atom. The molecule has 4 rings (SSSR count). The lowest BCUT2D eigenvalue weighted by atomic mass is 9.82. The van der Waals surface area contributed by atoms with Crippen molar-refractivity contribution in [3.63, 3.8) is 0 Å². The van der Waals surface area contributed by atoms with Crippen LogP contribution in [0.25, 0.3) is 32.3 Å². The first-order chi connectivity index (χ1) is 12.3. The first-order valence-corrected chi connectivity index (χ1v) is 9.57. The molecule has 0 aromatic heterocycles. The van der Waals surface area contributed by atoms with E-state index in [0.717, 1.165) is 0 Å². The maximum atomic E-state index is 2.34. The van der Waals surface area contributed by atoms with Gasteiger partial charge < -0.3 is 0 Å². The molecule has 4 aromatic carbocycles. The average Bonchev–Trinajstić information content (AvgIpc) is 2.61. The predicted molar refractivity (Wildman–Crippen MR) is 117 cm³/mol. The van der Waals surface area contributed by atoms with Crippen LogP contribution in [0.3, 0.4) is 0 Å². The number of hydrogen-bond donors (Lipinski definition) is 0. The molecule has 26 heavy (non-hydrogen) atoms. The van der Waals surface area contributed by atoms with E-state index in [1.165, 1.54) is 76.8 Å². The van der Waals surface area contributed by atoms with Crippen molar-refractivity contribution >= 4 is 32.3 Å². The topological polar surface area (TPSA) is 0 Å². The summed E-state index contributed by atoms with van der Waals surface area (Å²) in [5.74, 6) is 0. The molecular formula is C26H28. The van der Waals surface area contributed by atoms with Crippen molar-refractivity contribution in [3.8, 4) is 0 Å². The van der Waals surface area contributed by atoms with E-state index in [4.69, 9.17) is 0 Å². The molecule has 0 nitrogen and oxygen atoms in total. The molecule has 0 heteroatoms. The maximum absolute atomic E-state index is 2.34. The molecule has 0 atom stereocenters. The van der Waals surface area contributed by atoms with Crippen molar-refractivity contribution in [2.75, 3.05) is 0 Å². The lowest BCUT2D eigenvalue weighted by Gasteiger charge is -2.22. The fourth-order valence-electron chi connectivity index (χ4n) is 4.84. The standard InChI is InChI=1S/C26H28/c1-13-9-11-21-23(15(13)3)17(5)19(7)25-20(8)18(6)24-16(4)14(2)10-12-22(24)26(21)25/h9-12H,1-8H3. The van der Waals surface area contributed by atoms with E-state index in [2.05, 4.69) is 79.7 Å². The van der Waals surface area contributed by atoms with E-state index in [1.54, 1.807) is 0 Å². The van der Waals surface area contributed by atoms with Crippen molar-refractivity contribution in [3.05, 3.63) is 68.8 Å². The van der Waals surface area contributed by atoms with Gasteiger partial charge in [-0.15, -0.1) is 0 Å². The van der Waals surface area contributed by atoms with Gasteiger partial charge in [0.25, 0.3) is 0 Å². The van der Waals surface area contributed by atoms with Crippen molar-refractivity contribution in [1.82, 2.24) is 0 Å². The number of aryl methyl sites for hydroxylation is 8. The first-order valence-electron chi connectivity index (χ1n) is 9.57. The highest BCUT2D eigenvalue weighted by Crippen LogP contribution is 2.43. The van der Waals surface area contributed by atoms with Crippen LogP contribution in [0.4, 0.5) is 0 Å². The Morgan fingerprint density at radius 1 is 0.346 bits per heavy atom. The second-order valence-electron chi connectivity index (χ2n) is 8.11. The summed E-state index contributed by atoms with van der Waals surface area (Å²) in [4.78, 5) is 0. The lowest BCUT2D eigenvalue weighted by molar-refractivity contribution is 1.32. The number of fused-ring (bicyclic) bond motifs is 5. The second kappa shape index (κ2) is 5.58. The van der Waals surface area contributed by atoms with Crippen LogP contribution < -0.4 is 0 Å². The van der Waals surface area contributed by atoms with Crippen LogP contribution in [-0.4, -0.2) is 0 Å². The summed E-state index contributed by atoms with van der Waals surface area (Å²) in [6.45, 7) is 18.2. The molecule has 0 unspecified atom stereocenters. The van der Waals surface area contributed by atoms with E-state index < -0.39 is 0 Å². The number of hydrogen-bond acceptors (Lipinski definition) is 0. The Balaban J connectivity index is 2.48. The largest absolute Gasteiger partial charge is 0.0584 e. The molecular weight excluding hydrogens is 312 g/mol. The Bertz CT molecular complexity index is 1140. The Labute approximate surface area is 156 Å². The number of rotatable bonds is 0. The first kappa shape index (κ1) is 17.1. The van der Waals surface area contributed by atoms with Crippen LogP contribution in [-0.2, 0) is 0 Å². The van der Waals surface area contributed by atoms with Crippen molar-refractivity contribution < 1.29 is 0 Å². The molecule has 0 saturated heterocycles. The van der Waals surface area contributed by atoms with Gasteiger partial charge in [-0.25, -0.2) is 0 Å². The van der Waals surface area contributed by atoms with E-state index in [-0.39, 0.29) is 0 Å². The van der Waals surface area contributed by atoms with E-state index in [9.17, 15) is 0 Å². The normalized spacial score (nSPS) is 11.8. The zero-order chi connectivity index (χ0) is 18.9. The van der Waals surface area contributed by atoms with Crippen molar-refractivity contribution in [2.24, 2.45) is 0 Å². The molecule has 0 aliphatic heterocycles. The number of benzene rings is 4. The molecule has 0 N–H and O–H groups in total. The van der Waals surface area contributed by atoms with Gasteiger partial charge in [-0.05, 0) is 132 Å². The fraction of sp³-hybridized carbons (Fsp3) is 0.308. The molecule has 0 fully saturated rings. The highest BCUT2D eigenvalue weighted by Gasteiger charge is 2.18. The molecule has 0 aliphatic rings. The minimum absolute atomic E-state index is 1.37. The summed E-state index contributed by atoms with van der Waals surface area (Å²) < 4.78 is 0. The maximum Gasteiger partial charge on any atom is -0.00209 e. The van der Waals surface area contributed by atoms with Gasteiger partial charge in [-0.1, -0.05) is 24.3 Å². The summed E-state index contributed by atoms with van der Waals surface area (Å²) in [5.41, 5.74) is 11.3. The Hall–Kier alpha value is -2.34. The fourth-order valence-corrected chi connectivity index (χ4v) is 4.84. The lowest BCUT2D eigenvalue weighted by Crippen LogP contribution is -1.99. The van der Waals surface area contributed by atoms with Crippen LogP contribution in [0.15, 0.2) is 24.3 Å². The van der Waals surface area contributed by atoms with Gasteiger partial charge in [-0.2, -0.15) is 0 Å². The zero-order valence-electron chi connectivity index (χ0n) is 17.3. The minimum atomic E-state index is 1.37. The third-order valence-corrected chi connectivity index (χ3v) is 6.89. The highest BCUT2D eigenvalue weighted by atomic mass is 14.2. The monoisotopic (exact) mass is 340 g/mol. The molecule has 0 aliphatic carbocycles. The molecule has 0 bridgehead atoms. The predicted octanol–water partition coefficient (Wildman–Crippen LogP) is 7.61. The quantitative estimate of drug-likeness (QED) is 0.289. The van der Waals surface area contributed by atoms with Crippen LogP contribution >= 0.6 is 0 Å². The smallest absolute Gasteiger partial charge is 0.00209 e. The second-order valence-corrected chi connectivity index (χ2v) is 8.11. The minimum Gasteiger partial charge on any atom is -0.0584 e. The van der Waals surface area contributed by atoms with E-state index in [0.29, 0.717) is 0 Å². The molecule has 0 spiro atoms. The Morgan fingerprint density at radius 2 is 0.692 bits per heavy atom. The third kappa shape index (κ3) is 2.02. The van der Waals surface area contributed by atoms with Crippen molar-refractivity contribution in [2.45, 2.75) is 55.4 Å². The zero-order valence-corrected chi connectivity index (χ0v) is 17.3. The van der Waals surface area contributed by atoms with E-state index in [1.807, 2.05) is 0 Å². The summed E-state index contributed by atoms with van der Waals surface area (Å²) in [5, 5.41) is 8.58. The molecule has 0 radical (unpaired) electrons. The summed E-state index contributed by atoms with van der Waals surface area (Å²) in [7, 11) is 0. The molecule has 0 saturated carbocycles. The van der Waals surface area contributed by atoms with E-state index >= 15 is 0 Å². The van der Waals surface area contributed by atoms with Crippen molar-refractivity contribution in [1.29, 1.82) is 0 Å². The van der Waals surface area contributed by atoms with Gasteiger partial charge in [-0.3, -0.25) is 0 Å². The van der Waals surface area contributed by atoms with Gasteiger partial charge >= 0.3 is 0 Å². The van der Waals surface area contributed by atoms with Crippen LogP contribution in [0.5, 0.6) is 0 Å². The summed E-state index contributed by atoms with van der Waals surface area (Å²) >= 11 is 0. The Kier molecular flexibility index (Phi) is 3.67. The molecule has 0 amide bonds. The van der Waals surface area contributed by atoms with Gasteiger partial charge in [0.2, 0.25) is 0 Å². The highest BCUT2D eigenvalue weighted by molar-refractivity contribution is 6.24. The third-order valence-electron chi connectivity index (χ3n) is 6.89. The molecule has 132 valence electrons. The summed E-state index contributed by atoms with van der Waals surface area (Å²) in [6, 6.07) is 9.26. The van der Waals surface area contributed by atoms with Gasteiger partial charge in [0.05, 0.1) is 0 Å². The molecule has 4 aromatic rings.